The van der Waals surface area contributed by atoms with Crippen LogP contribution in [0.25, 0.3) is 0 Å². The predicted molar refractivity (Wildman–Crippen MR) is 73.9 cm³/mol. The number of nitrogens with one attached hydrogen (secondary N) is 2. The summed E-state index contributed by atoms with van der Waals surface area (Å²) >= 11 is 0. The molecule has 8 nitrogen and oxygen atoms in total. The van der Waals surface area contributed by atoms with Gasteiger partial charge >= 0.3 is 5.97 Å². The van der Waals surface area contributed by atoms with Crippen LogP contribution in [0.1, 0.15) is 33.1 Å². The van der Waals surface area contributed by atoms with Crippen LogP contribution in [0.2, 0.25) is 0 Å². The van der Waals surface area contributed by atoms with Crippen molar-refractivity contribution >= 4 is 17.6 Å². The Bertz CT molecular complexity index is 458. The van der Waals surface area contributed by atoms with Crippen LogP contribution in [0.3, 0.4) is 0 Å². The molecule has 8 heteroatoms. The quantitative estimate of drug-likeness (QED) is 0.205. The SMILES string of the molecule is CC(=NCCCCC(N=C(C)NC#N)C(=O)O)NC#N. The molecule has 0 amide bonds. The molecule has 0 aliphatic rings. The van der Waals surface area contributed by atoms with Crippen molar-refractivity contribution < 1.29 is 9.90 Å². The monoisotopic (exact) mass is 278 g/mol. The third kappa shape index (κ3) is 8.48. The fourth-order valence-electron chi connectivity index (χ4n) is 1.41. The van der Waals surface area contributed by atoms with E-state index in [1.165, 1.54) is 0 Å². The first-order chi connectivity index (χ1) is 9.51. The standard InChI is InChI=1S/C12H18N6O2/c1-9(16-7-13)15-6-4-3-5-11(12(19)20)18-10(2)17-8-14/h11H,3-6H2,1-2H3,(H,15,16)(H,17,18)(H,19,20). The fraction of sp³-hybridized carbons (Fsp3) is 0.583. The maximum atomic E-state index is 11.0. The normalized spacial score (nSPS) is 13.0. The number of rotatable bonds is 7. The zero-order valence-corrected chi connectivity index (χ0v) is 11.6. The lowest BCUT2D eigenvalue weighted by Gasteiger charge is -2.08. The lowest BCUT2D eigenvalue weighted by Crippen LogP contribution is -2.23. The molecule has 0 aromatic carbocycles. The molecule has 0 aliphatic heterocycles. The Kier molecular flexibility index (Phi) is 8.98. The molecule has 0 bridgehead atoms. The average molecular weight is 278 g/mol. The van der Waals surface area contributed by atoms with Gasteiger partial charge in [0.05, 0.1) is 0 Å². The number of unbranched alkanes of at least 4 members (excludes halogenated alkanes) is 1. The molecule has 0 aromatic rings. The molecule has 0 rings (SSSR count). The van der Waals surface area contributed by atoms with Crippen LogP contribution in [0.4, 0.5) is 0 Å². The van der Waals surface area contributed by atoms with E-state index in [1.807, 2.05) is 0 Å². The second kappa shape index (κ2) is 10.3. The Hall–Kier alpha value is -2.61. The number of hydrogen-bond acceptors (Lipinski definition) is 5. The topological polar surface area (TPSA) is 134 Å². The number of hydrogen-bond donors (Lipinski definition) is 3. The lowest BCUT2D eigenvalue weighted by atomic mass is 10.1. The van der Waals surface area contributed by atoms with Crippen LogP contribution in [0.5, 0.6) is 0 Å². The van der Waals surface area contributed by atoms with Crippen LogP contribution >= 0.6 is 0 Å². The van der Waals surface area contributed by atoms with Crippen molar-refractivity contribution in [1.29, 1.82) is 10.5 Å². The molecule has 0 spiro atoms. The first-order valence-corrected chi connectivity index (χ1v) is 6.09. The number of carboxylic acids is 1. The van der Waals surface area contributed by atoms with Crippen LogP contribution in [0, 0.1) is 22.9 Å². The summed E-state index contributed by atoms with van der Waals surface area (Å²) in [5.74, 6) is -0.198. The average Bonchev–Trinajstić information content (AvgIpc) is 2.37. The van der Waals surface area contributed by atoms with E-state index in [0.29, 0.717) is 31.6 Å². The third-order valence-corrected chi connectivity index (χ3v) is 2.34. The highest BCUT2D eigenvalue weighted by atomic mass is 16.4. The molecule has 0 radical (unpaired) electrons. The number of amidine groups is 2. The van der Waals surface area contributed by atoms with E-state index in [0.717, 1.165) is 0 Å². The summed E-state index contributed by atoms with van der Waals surface area (Å²) in [6, 6.07) is -0.863. The summed E-state index contributed by atoms with van der Waals surface area (Å²) in [5.41, 5.74) is 0. The zero-order chi connectivity index (χ0) is 15.4. The fourth-order valence-corrected chi connectivity index (χ4v) is 1.41. The van der Waals surface area contributed by atoms with Gasteiger partial charge in [-0.2, -0.15) is 10.5 Å². The molecule has 0 fully saturated rings. The minimum Gasteiger partial charge on any atom is -0.480 e. The van der Waals surface area contributed by atoms with Crippen molar-refractivity contribution in [3.63, 3.8) is 0 Å². The number of carbonyl (C=O) groups is 1. The smallest absolute Gasteiger partial charge is 0.328 e. The van der Waals surface area contributed by atoms with Gasteiger partial charge in [-0.15, -0.1) is 0 Å². The molecule has 1 atom stereocenters. The molecule has 0 saturated carbocycles. The largest absolute Gasteiger partial charge is 0.480 e. The molecule has 1 unspecified atom stereocenters. The van der Waals surface area contributed by atoms with E-state index in [-0.39, 0.29) is 5.84 Å². The molecule has 3 N–H and O–H groups in total. The third-order valence-electron chi connectivity index (χ3n) is 2.34. The number of nitriles is 2. The van der Waals surface area contributed by atoms with E-state index in [9.17, 15) is 4.79 Å². The van der Waals surface area contributed by atoms with E-state index < -0.39 is 12.0 Å². The number of nitrogens with zero attached hydrogens (tertiary/aromatic N) is 4. The van der Waals surface area contributed by atoms with Gasteiger partial charge in [0.25, 0.3) is 0 Å². The van der Waals surface area contributed by atoms with Crippen molar-refractivity contribution in [1.82, 2.24) is 10.6 Å². The Morgan fingerprint density at radius 2 is 1.80 bits per heavy atom. The van der Waals surface area contributed by atoms with Crippen molar-refractivity contribution in [2.75, 3.05) is 6.54 Å². The minimum absolute atomic E-state index is 0.284. The van der Waals surface area contributed by atoms with Gasteiger partial charge in [-0.1, -0.05) is 0 Å². The zero-order valence-electron chi connectivity index (χ0n) is 11.6. The van der Waals surface area contributed by atoms with Crippen LogP contribution < -0.4 is 10.6 Å². The van der Waals surface area contributed by atoms with Crippen LogP contribution in [-0.2, 0) is 4.79 Å². The minimum atomic E-state index is -1.02. The summed E-state index contributed by atoms with van der Waals surface area (Å²) in [6.45, 7) is 3.75. The van der Waals surface area contributed by atoms with Gasteiger partial charge in [0.1, 0.15) is 17.7 Å². The van der Waals surface area contributed by atoms with E-state index in [2.05, 4.69) is 20.6 Å². The molecule has 20 heavy (non-hydrogen) atoms. The van der Waals surface area contributed by atoms with Crippen molar-refractivity contribution in [2.24, 2.45) is 9.98 Å². The van der Waals surface area contributed by atoms with Gasteiger partial charge < -0.3 is 5.11 Å². The summed E-state index contributed by atoms with van der Waals surface area (Å²) < 4.78 is 0. The number of aliphatic carboxylic acids is 1. The maximum absolute atomic E-state index is 11.0. The molecule has 0 saturated heterocycles. The van der Waals surface area contributed by atoms with Gasteiger partial charge in [0.15, 0.2) is 12.4 Å². The van der Waals surface area contributed by atoms with Crippen LogP contribution in [0.15, 0.2) is 9.98 Å². The number of carboxylic acid groups (broad SMARTS) is 1. The molecular weight excluding hydrogens is 260 g/mol. The number of aliphatic imine (C=N–C) groups is 2. The van der Waals surface area contributed by atoms with E-state index >= 15 is 0 Å². The Balaban J connectivity index is 4.16. The molecule has 0 aromatic heterocycles. The summed E-state index contributed by atoms with van der Waals surface area (Å²) in [4.78, 5) is 19.0. The maximum Gasteiger partial charge on any atom is 0.328 e. The second-order valence-electron chi connectivity index (χ2n) is 4.01. The van der Waals surface area contributed by atoms with Gasteiger partial charge in [-0.25, -0.2) is 4.79 Å². The molecule has 0 heterocycles. The summed E-state index contributed by atoms with van der Waals surface area (Å²) in [6.07, 6.45) is 5.17. The van der Waals surface area contributed by atoms with E-state index in [4.69, 9.17) is 15.6 Å². The Labute approximate surface area is 117 Å². The van der Waals surface area contributed by atoms with Crippen molar-refractivity contribution in [3.05, 3.63) is 0 Å². The summed E-state index contributed by atoms with van der Waals surface area (Å²) in [7, 11) is 0. The highest BCUT2D eigenvalue weighted by Gasteiger charge is 2.15. The predicted octanol–water partition coefficient (Wildman–Crippen LogP) is 0.588. The first-order valence-electron chi connectivity index (χ1n) is 6.09. The van der Waals surface area contributed by atoms with E-state index in [1.54, 1.807) is 26.2 Å². The van der Waals surface area contributed by atoms with Gasteiger partial charge in [-0.3, -0.25) is 20.6 Å². The van der Waals surface area contributed by atoms with Gasteiger partial charge in [-0.05, 0) is 33.1 Å². The first kappa shape index (κ1) is 17.4. The van der Waals surface area contributed by atoms with Crippen molar-refractivity contribution in [3.8, 4) is 12.4 Å². The van der Waals surface area contributed by atoms with Gasteiger partial charge in [0.2, 0.25) is 0 Å². The Morgan fingerprint density at radius 1 is 1.20 bits per heavy atom. The summed E-state index contributed by atoms with van der Waals surface area (Å²) in [5, 5.41) is 30.5. The molecule has 0 aliphatic carbocycles. The molecule has 108 valence electrons. The highest BCUT2D eigenvalue weighted by molar-refractivity contribution is 5.84. The molecular formula is C12H18N6O2. The highest BCUT2D eigenvalue weighted by Crippen LogP contribution is 2.06. The van der Waals surface area contributed by atoms with Gasteiger partial charge in [0, 0.05) is 6.54 Å². The second-order valence-corrected chi connectivity index (χ2v) is 4.01. The van der Waals surface area contributed by atoms with Crippen LogP contribution in [-0.4, -0.2) is 35.3 Å². The Morgan fingerprint density at radius 3 is 2.35 bits per heavy atom. The van der Waals surface area contributed by atoms with Crippen molar-refractivity contribution in [2.45, 2.75) is 39.2 Å². The lowest BCUT2D eigenvalue weighted by molar-refractivity contribution is -0.138.